The second-order valence-electron chi connectivity index (χ2n) is 6.40. The minimum atomic E-state index is -1.34. The summed E-state index contributed by atoms with van der Waals surface area (Å²) in [5.41, 5.74) is 3.10. The predicted molar refractivity (Wildman–Crippen MR) is 121 cm³/mol. The Morgan fingerprint density at radius 2 is 1.70 bits per heavy atom. The fourth-order valence-corrected chi connectivity index (χ4v) is 4.72. The van der Waals surface area contributed by atoms with Crippen LogP contribution in [0.4, 0.5) is 0 Å². The van der Waals surface area contributed by atoms with Crippen molar-refractivity contribution in [2.24, 2.45) is 0 Å². The standard InChI is InChI=1S/C20H24IN3O2S/c1-15-8-4-7-11-18(15)26-13-12-23-16-9-5-6-10-17(16)24(20(23)27)14-19(25)22-21(2)3/h4-11H,12-14H2,1-3H3,(H,22,25). The van der Waals surface area contributed by atoms with Crippen molar-refractivity contribution < 1.29 is 9.53 Å². The van der Waals surface area contributed by atoms with Gasteiger partial charge in [-0.25, -0.2) is 0 Å². The van der Waals surface area contributed by atoms with E-state index in [9.17, 15) is 4.79 Å². The Morgan fingerprint density at radius 1 is 1.07 bits per heavy atom. The molecule has 3 aromatic rings. The Balaban J connectivity index is 1.83. The van der Waals surface area contributed by atoms with Gasteiger partial charge in [0.15, 0.2) is 0 Å². The van der Waals surface area contributed by atoms with E-state index < -0.39 is 20.1 Å². The molecule has 3 rings (SSSR count). The van der Waals surface area contributed by atoms with E-state index in [0.29, 0.717) is 17.9 Å². The van der Waals surface area contributed by atoms with Gasteiger partial charge in [-0.15, -0.1) is 0 Å². The molecule has 144 valence electrons. The van der Waals surface area contributed by atoms with Crippen molar-refractivity contribution in [1.29, 1.82) is 0 Å². The number of rotatable bonds is 7. The number of ether oxygens (including phenoxy) is 1. The summed E-state index contributed by atoms with van der Waals surface area (Å²) in [4.78, 5) is 16.5. The van der Waals surface area contributed by atoms with Gasteiger partial charge < -0.3 is 0 Å². The number of aromatic nitrogens is 2. The van der Waals surface area contributed by atoms with E-state index in [2.05, 4.69) is 13.4 Å². The molecule has 5 nitrogen and oxygen atoms in total. The van der Waals surface area contributed by atoms with Gasteiger partial charge in [0.1, 0.15) is 0 Å². The van der Waals surface area contributed by atoms with Gasteiger partial charge in [-0.1, -0.05) is 6.07 Å². The second kappa shape index (κ2) is 8.88. The molecule has 1 aromatic heterocycles. The summed E-state index contributed by atoms with van der Waals surface area (Å²) >= 11 is 4.35. The summed E-state index contributed by atoms with van der Waals surface area (Å²) in [6.45, 7) is 3.42. The van der Waals surface area contributed by atoms with Gasteiger partial charge in [0.25, 0.3) is 0 Å². The molecule has 0 atom stereocenters. The molecular weight excluding hydrogens is 473 g/mol. The maximum absolute atomic E-state index is 12.3. The number of alkyl halides is 2. The van der Waals surface area contributed by atoms with E-state index in [1.54, 1.807) is 0 Å². The molecule has 0 saturated carbocycles. The number of carbonyl (C=O) groups excluding carboxylic acids is 1. The number of amides is 1. The summed E-state index contributed by atoms with van der Waals surface area (Å²) < 4.78 is 13.6. The number of benzene rings is 2. The number of nitrogens with one attached hydrogen (secondary N) is 1. The van der Waals surface area contributed by atoms with Crippen molar-refractivity contribution in [3.63, 3.8) is 0 Å². The molecule has 0 bridgehead atoms. The molecule has 27 heavy (non-hydrogen) atoms. The van der Waals surface area contributed by atoms with Crippen LogP contribution in [0.1, 0.15) is 5.56 Å². The monoisotopic (exact) mass is 497 g/mol. The molecule has 1 amide bonds. The molecule has 1 N–H and O–H groups in total. The summed E-state index contributed by atoms with van der Waals surface area (Å²) in [6.07, 6.45) is 0. The average molecular weight is 497 g/mol. The third kappa shape index (κ3) is 4.70. The van der Waals surface area contributed by atoms with Gasteiger partial charge in [0, 0.05) is 0 Å². The molecule has 0 saturated heterocycles. The molecule has 2 aromatic carbocycles. The molecule has 0 unspecified atom stereocenters. The van der Waals surface area contributed by atoms with E-state index in [1.165, 1.54) is 0 Å². The molecule has 0 spiro atoms. The van der Waals surface area contributed by atoms with Crippen LogP contribution in [-0.2, 0) is 17.9 Å². The van der Waals surface area contributed by atoms with Crippen LogP contribution in [0, 0.1) is 11.7 Å². The van der Waals surface area contributed by atoms with Crippen LogP contribution in [-0.4, -0.2) is 31.5 Å². The first-order valence-corrected chi connectivity index (χ1v) is 14.4. The van der Waals surface area contributed by atoms with Crippen molar-refractivity contribution in [3.8, 4) is 5.75 Å². The van der Waals surface area contributed by atoms with Crippen molar-refractivity contribution >= 4 is 49.3 Å². The van der Waals surface area contributed by atoms with Gasteiger partial charge in [-0.2, -0.15) is 0 Å². The Hall–Kier alpha value is -1.87. The molecule has 7 heteroatoms. The van der Waals surface area contributed by atoms with Crippen LogP contribution in [0.5, 0.6) is 5.75 Å². The third-order valence-corrected chi connectivity index (χ3v) is 6.31. The van der Waals surface area contributed by atoms with Crippen LogP contribution in [0.25, 0.3) is 11.0 Å². The summed E-state index contributed by atoms with van der Waals surface area (Å²) in [5.74, 6) is 0.912. The third-order valence-electron chi connectivity index (χ3n) is 4.19. The Kier molecular flexibility index (Phi) is 6.54. The number of fused-ring (bicyclic) bond motifs is 1. The van der Waals surface area contributed by atoms with Gasteiger partial charge >= 0.3 is 166 Å². The van der Waals surface area contributed by atoms with Crippen molar-refractivity contribution in [3.05, 3.63) is 58.9 Å². The fourth-order valence-electron chi connectivity index (χ4n) is 2.99. The van der Waals surface area contributed by atoms with E-state index in [-0.39, 0.29) is 12.5 Å². The van der Waals surface area contributed by atoms with Gasteiger partial charge in [-0.3, -0.25) is 0 Å². The second-order valence-corrected chi connectivity index (χ2v) is 11.6. The quantitative estimate of drug-likeness (QED) is 0.229. The van der Waals surface area contributed by atoms with E-state index >= 15 is 0 Å². The Bertz CT molecular complexity index is 1010. The van der Waals surface area contributed by atoms with Crippen molar-refractivity contribution in [2.45, 2.75) is 20.0 Å². The zero-order valence-corrected chi connectivity index (χ0v) is 18.7. The number of hydrogen-bond acceptors (Lipinski definition) is 3. The van der Waals surface area contributed by atoms with Gasteiger partial charge in [-0.05, 0) is 0 Å². The zero-order chi connectivity index (χ0) is 19.4. The molecular formula is C20H24IN3O2S. The Labute approximate surface area is 172 Å². The first-order valence-electron chi connectivity index (χ1n) is 8.63. The number of hydrogen-bond donors (Lipinski definition) is 1. The van der Waals surface area contributed by atoms with Crippen LogP contribution < -0.4 is 8.27 Å². The topological polar surface area (TPSA) is 48.2 Å². The normalized spacial score (nSPS) is 11.4. The van der Waals surface area contributed by atoms with E-state index in [0.717, 1.165) is 22.3 Å². The average Bonchev–Trinajstić information content (AvgIpc) is 2.88. The Morgan fingerprint density at radius 3 is 2.37 bits per heavy atom. The summed E-state index contributed by atoms with van der Waals surface area (Å²) in [5, 5.41) is 0. The van der Waals surface area contributed by atoms with Crippen LogP contribution in [0.15, 0.2) is 48.5 Å². The molecule has 0 aliphatic heterocycles. The molecule has 1 heterocycles. The zero-order valence-electron chi connectivity index (χ0n) is 15.7. The molecule has 0 radical (unpaired) electrons. The number of halogens is 1. The van der Waals surface area contributed by atoms with E-state index in [1.807, 2.05) is 64.6 Å². The van der Waals surface area contributed by atoms with Crippen LogP contribution >= 0.6 is 32.3 Å². The SMILES string of the molecule is Cc1ccccc1OCCn1c(=S)n(CC(=O)NI(C)C)c2ccccc21. The van der Waals surface area contributed by atoms with Crippen LogP contribution in [0.2, 0.25) is 0 Å². The van der Waals surface area contributed by atoms with Gasteiger partial charge in [0.2, 0.25) is 0 Å². The predicted octanol–water partition coefficient (Wildman–Crippen LogP) is 4.36. The molecule has 0 aliphatic rings. The van der Waals surface area contributed by atoms with E-state index in [4.69, 9.17) is 17.0 Å². The van der Waals surface area contributed by atoms with Crippen LogP contribution in [0.3, 0.4) is 0 Å². The number of aryl methyl sites for hydroxylation is 1. The number of nitrogens with zero attached hydrogens (tertiary/aromatic N) is 2. The fraction of sp³-hybridized carbons (Fsp3) is 0.300. The molecule has 0 fully saturated rings. The summed E-state index contributed by atoms with van der Waals surface area (Å²) in [6, 6.07) is 16.0. The first-order chi connectivity index (χ1) is 13.0. The summed E-state index contributed by atoms with van der Waals surface area (Å²) in [7, 11) is 0. The number of carbonyl (C=O) groups is 1. The van der Waals surface area contributed by atoms with Crippen molar-refractivity contribution in [2.75, 3.05) is 16.5 Å². The number of para-hydroxylation sites is 3. The maximum atomic E-state index is 12.3. The van der Waals surface area contributed by atoms with Gasteiger partial charge in [0.05, 0.1) is 0 Å². The first kappa shape index (κ1) is 19.9. The number of imidazole rings is 1. The minimum absolute atomic E-state index is 0.0281. The van der Waals surface area contributed by atoms with Crippen molar-refractivity contribution in [1.82, 2.24) is 12.7 Å². The molecule has 0 aliphatic carbocycles.